The van der Waals surface area contributed by atoms with E-state index < -0.39 is 75.1 Å². The van der Waals surface area contributed by atoms with Crippen LogP contribution < -0.4 is 4.74 Å². The normalized spacial score (nSPS) is 19.3. The van der Waals surface area contributed by atoms with Gasteiger partial charge in [0.15, 0.2) is 0 Å². The fraction of sp³-hybridized carbons (Fsp3) is 0.533. The summed E-state index contributed by atoms with van der Waals surface area (Å²) in [5.41, 5.74) is 2.33. The lowest BCUT2D eigenvalue weighted by atomic mass is 10.0. The second-order valence-electron chi connectivity index (χ2n) is 10.8. The van der Waals surface area contributed by atoms with Crippen molar-refractivity contribution in [2.75, 3.05) is 39.5 Å². The molecule has 0 unspecified atom stereocenters. The van der Waals surface area contributed by atoms with Gasteiger partial charge in [0.1, 0.15) is 49.0 Å². The number of carbonyl (C=O) groups excluding carboxylic acids is 2. The van der Waals surface area contributed by atoms with E-state index in [1.807, 2.05) is 0 Å². The van der Waals surface area contributed by atoms with Crippen LogP contribution in [0.15, 0.2) is 42.5 Å². The Balaban J connectivity index is 1.71. The van der Waals surface area contributed by atoms with Crippen LogP contribution in [0.25, 0.3) is 0 Å². The van der Waals surface area contributed by atoms with E-state index in [-0.39, 0.29) is 23.4 Å². The largest absolute Gasteiger partial charge is 0.492 e. The first-order valence-electron chi connectivity index (χ1n) is 14.4. The first-order valence-corrected chi connectivity index (χ1v) is 16.4. The third-order valence-corrected chi connectivity index (χ3v) is 9.35. The number of rotatable bonds is 16. The number of aliphatic hydroxyl groups is 10. The summed E-state index contributed by atoms with van der Waals surface area (Å²) in [6.07, 6.45) is -14.5. The van der Waals surface area contributed by atoms with Gasteiger partial charge >= 0.3 is 0 Å². The molecule has 8 atom stereocenters. The van der Waals surface area contributed by atoms with Gasteiger partial charge in [0, 0.05) is 42.3 Å². The lowest BCUT2D eigenvalue weighted by Crippen LogP contribution is -2.53. The highest BCUT2D eigenvalue weighted by atomic mass is 32.2. The molecule has 256 valence electrons. The predicted octanol–water partition coefficient (Wildman–Crippen LogP) is -2.30. The molecule has 46 heavy (non-hydrogen) atoms. The number of benzene rings is 2. The Hall–Kier alpha value is -2.16. The first-order chi connectivity index (χ1) is 21.9. The van der Waals surface area contributed by atoms with Crippen molar-refractivity contribution in [3.63, 3.8) is 0 Å². The Morgan fingerprint density at radius 3 is 1.59 bits per heavy atom. The van der Waals surface area contributed by atoms with Crippen molar-refractivity contribution in [3.05, 3.63) is 64.7 Å². The highest BCUT2D eigenvalue weighted by Gasteiger charge is 2.34. The number of aliphatic hydroxyl groups excluding tert-OH is 10. The molecule has 16 heteroatoms. The Kier molecular flexibility index (Phi) is 15.3. The molecule has 0 saturated heterocycles. The SMILES string of the molecule is O=C1SCc2ccc(OCCN(C[C@H](O)[C@@H](O)[C@H](O)[C@H](O)CO)C[C@H](O)[C@@H](O)[C@H](O)[C@H](O)CO)cc2CSC(=O)c2ccccc21. The van der Waals surface area contributed by atoms with Crippen LogP contribution in [0.4, 0.5) is 0 Å². The van der Waals surface area contributed by atoms with Gasteiger partial charge in [0.05, 0.1) is 25.4 Å². The van der Waals surface area contributed by atoms with Gasteiger partial charge in [-0.25, -0.2) is 0 Å². The summed E-state index contributed by atoms with van der Waals surface area (Å²) < 4.78 is 5.88. The molecule has 0 fully saturated rings. The number of fused-ring (bicyclic) bond motifs is 2. The van der Waals surface area contributed by atoms with Crippen molar-refractivity contribution in [2.24, 2.45) is 0 Å². The fourth-order valence-electron chi connectivity index (χ4n) is 4.67. The molecule has 0 aliphatic carbocycles. The summed E-state index contributed by atoms with van der Waals surface area (Å²) in [5.74, 6) is 1.10. The second kappa shape index (κ2) is 18.4. The Labute approximate surface area is 273 Å². The highest BCUT2D eigenvalue weighted by molar-refractivity contribution is 8.14. The predicted molar refractivity (Wildman–Crippen MR) is 168 cm³/mol. The smallest absolute Gasteiger partial charge is 0.220 e. The lowest BCUT2D eigenvalue weighted by molar-refractivity contribution is -0.130. The summed E-state index contributed by atoms with van der Waals surface area (Å²) in [7, 11) is 0. The average molecular weight is 688 g/mol. The molecule has 1 aliphatic rings. The van der Waals surface area contributed by atoms with Crippen molar-refractivity contribution in [2.45, 2.75) is 60.3 Å². The zero-order valence-corrected chi connectivity index (χ0v) is 26.4. The van der Waals surface area contributed by atoms with Gasteiger partial charge in [-0.2, -0.15) is 0 Å². The van der Waals surface area contributed by atoms with Gasteiger partial charge in [-0.05, 0) is 35.4 Å². The van der Waals surface area contributed by atoms with Gasteiger partial charge in [-0.3, -0.25) is 14.5 Å². The van der Waals surface area contributed by atoms with Crippen LogP contribution in [0.2, 0.25) is 0 Å². The zero-order valence-electron chi connectivity index (χ0n) is 24.8. The van der Waals surface area contributed by atoms with E-state index in [2.05, 4.69) is 0 Å². The molecule has 0 saturated carbocycles. The van der Waals surface area contributed by atoms with Gasteiger partial charge in [0.2, 0.25) is 10.2 Å². The standard InChI is InChI=1S/C30H41NO13S2/c32-12-23(36)27(40)25(38)21(34)10-31(11-22(35)26(39)28(41)24(37)13-33)7-8-44-18-6-5-16-14-45-29(42)19-3-1-2-4-20(19)30(43)46-15-17(16)9-18/h1-6,9,21-28,32-41H,7-8,10-15H2/t21-,22-,23+,24+,25+,26+,27+,28+/m0/s1. The van der Waals surface area contributed by atoms with Crippen molar-refractivity contribution < 1.29 is 65.4 Å². The topological polar surface area (TPSA) is 249 Å². The minimum Gasteiger partial charge on any atom is -0.492 e. The maximum absolute atomic E-state index is 12.9. The summed E-state index contributed by atoms with van der Waals surface area (Å²) in [5, 5.41) is 98.5. The lowest BCUT2D eigenvalue weighted by Gasteiger charge is -2.33. The zero-order chi connectivity index (χ0) is 34.0. The van der Waals surface area contributed by atoms with Crippen LogP contribution in [0.3, 0.4) is 0 Å². The Bertz CT molecular complexity index is 1260. The molecule has 10 N–H and O–H groups in total. The van der Waals surface area contributed by atoms with E-state index in [0.29, 0.717) is 28.4 Å². The van der Waals surface area contributed by atoms with Crippen LogP contribution in [0.5, 0.6) is 5.75 Å². The summed E-state index contributed by atoms with van der Waals surface area (Å²) in [4.78, 5) is 27.0. The Morgan fingerprint density at radius 2 is 1.11 bits per heavy atom. The molecule has 2 aromatic carbocycles. The maximum Gasteiger partial charge on any atom is 0.220 e. The van der Waals surface area contributed by atoms with Crippen LogP contribution in [-0.4, -0.2) is 154 Å². The Morgan fingerprint density at radius 1 is 0.652 bits per heavy atom. The molecular weight excluding hydrogens is 646 g/mol. The number of thioether (sulfide) groups is 2. The van der Waals surface area contributed by atoms with E-state index in [1.54, 1.807) is 42.5 Å². The van der Waals surface area contributed by atoms with Crippen molar-refractivity contribution in [1.29, 1.82) is 0 Å². The maximum atomic E-state index is 12.9. The molecule has 0 amide bonds. The van der Waals surface area contributed by atoms with E-state index in [0.717, 1.165) is 34.7 Å². The minimum absolute atomic E-state index is 0.0453. The number of carbonyl (C=O) groups is 2. The monoisotopic (exact) mass is 687 g/mol. The highest BCUT2D eigenvalue weighted by Crippen LogP contribution is 2.31. The minimum atomic E-state index is -1.91. The van der Waals surface area contributed by atoms with Crippen LogP contribution in [0.1, 0.15) is 31.8 Å². The molecular formula is C30H41NO13S2. The number of hydrogen-bond acceptors (Lipinski definition) is 16. The van der Waals surface area contributed by atoms with Crippen LogP contribution >= 0.6 is 23.5 Å². The first kappa shape index (κ1) is 38.3. The molecule has 2 aromatic rings. The quantitative estimate of drug-likeness (QED) is 0.0891. The molecule has 3 rings (SSSR count). The summed E-state index contributed by atoms with van der Waals surface area (Å²) in [6.45, 7) is -2.74. The molecule has 1 heterocycles. The van der Waals surface area contributed by atoms with Gasteiger partial charge < -0.3 is 55.8 Å². The third kappa shape index (κ3) is 10.4. The van der Waals surface area contributed by atoms with E-state index >= 15 is 0 Å². The van der Waals surface area contributed by atoms with Crippen LogP contribution in [-0.2, 0) is 11.5 Å². The van der Waals surface area contributed by atoms with Gasteiger partial charge in [0.25, 0.3) is 0 Å². The van der Waals surface area contributed by atoms with E-state index in [9.17, 15) is 50.4 Å². The number of nitrogens with zero attached hydrogens (tertiary/aromatic N) is 1. The van der Waals surface area contributed by atoms with Gasteiger partial charge in [-0.1, -0.05) is 41.7 Å². The van der Waals surface area contributed by atoms with E-state index in [1.165, 1.54) is 4.90 Å². The molecule has 1 aliphatic heterocycles. The molecule has 0 radical (unpaired) electrons. The molecule has 14 nitrogen and oxygen atoms in total. The summed E-state index contributed by atoms with van der Waals surface area (Å²) in [6, 6.07) is 11.8. The second-order valence-corrected chi connectivity index (χ2v) is 12.7. The number of hydrogen-bond donors (Lipinski definition) is 10. The molecule has 0 aromatic heterocycles. The van der Waals surface area contributed by atoms with Crippen molar-refractivity contribution in [1.82, 2.24) is 4.90 Å². The third-order valence-electron chi connectivity index (χ3n) is 7.48. The summed E-state index contributed by atoms with van der Waals surface area (Å²) >= 11 is 2.14. The van der Waals surface area contributed by atoms with Crippen LogP contribution in [0, 0.1) is 0 Å². The number of ether oxygens (including phenoxy) is 1. The molecule has 0 bridgehead atoms. The van der Waals surface area contributed by atoms with E-state index in [4.69, 9.17) is 14.9 Å². The average Bonchev–Trinajstić information content (AvgIpc) is 3.07. The van der Waals surface area contributed by atoms with Gasteiger partial charge in [-0.15, -0.1) is 0 Å². The van der Waals surface area contributed by atoms with Crippen molar-refractivity contribution >= 4 is 33.8 Å². The van der Waals surface area contributed by atoms with Crippen molar-refractivity contribution in [3.8, 4) is 5.75 Å². The fourth-order valence-corrected chi connectivity index (χ4v) is 6.46. The molecule has 0 spiro atoms.